The molecule has 0 aliphatic carbocycles. The molecule has 2 nitrogen and oxygen atoms in total. The van der Waals surface area contributed by atoms with Crippen LogP contribution in [0.2, 0.25) is 5.02 Å². The van der Waals surface area contributed by atoms with Crippen molar-refractivity contribution in [2.24, 2.45) is 0 Å². The number of hydrogen-bond donors (Lipinski definition) is 1. The van der Waals surface area contributed by atoms with Gasteiger partial charge in [-0.15, -0.1) is 0 Å². The summed E-state index contributed by atoms with van der Waals surface area (Å²) < 4.78 is 13.7. The first kappa shape index (κ1) is 12.3. The molecule has 0 atom stereocenters. The van der Waals surface area contributed by atoms with Crippen LogP contribution in [-0.2, 0) is 6.54 Å². The first-order valence-electron chi connectivity index (χ1n) is 5.23. The second-order valence-electron chi connectivity index (χ2n) is 3.90. The fourth-order valence-corrected chi connectivity index (χ4v) is 2.69. The minimum Gasteiger partial charge on any atom is -0.314 e. The molecule has 1 N–H and O–H groups in total. The fraction of sp³-hybridized carbons (Fsp3) is 0.455. The van der Waals surface area contributed by atoms with Gasteiger partial charge >= 0.3 is 0 Å². The van der Waals surface area contributed by atoms with Gasteiger partial charge in [-0.3, -0.25) is 4.90 Å². The Hall–Kier alpha value is -0.160. The molecule has 88 valence electrons. The Morgan fingerprint density at radius 2 is 2.06 bits per heavy atom. The minimum absolute atomic E-state index is 0.180. The number of benzene rings is 1. The summed E-state index contributed by atoms with van der Waals surface area (Å²) in [6.45, 7) is 4.88. The van der Waals surface area contributed by atoms with Gasteiger partial charge in [0.05, 0.1) is 9.50 Å². The van der Waals surface area contributed by atoms with Crippen LogP contribution < -0.4 is 5.32 Å². The number of hydrogen-bond acceptors (Lipinski definition) is 2. The zero-order valence-corrected chi connectivity index (χ0v) is 11.1. The van der Waals surface area contributed by atoms with E-state index in [1.165, 1.54) is 0 Å². The third-order valence-electron chi connectivity index (χ3n) is 2.66. The van der Waals surface area contributed by atoms with E-state index in [2.05, 4.69) is 26.1 Å². The van der Waals surface area contributed by atoms with Crippen LogP contribution in [0.1, 0.15) is 5.56 Å². The van der Waals surface area contributed by atoms with E-state index < -0.39 is 0 Å². The van der Waals surface area contributed by atoms with Crippen molar-refractivity contribution in [1.82, 2.24) is 10.2 Å². The maximum Gasteiger partial charge on any atom is 0.155 e. The highest BCUT2D eigenvalue weighted by Crippen LogP contribution is 2.25. The first-order valence-corrected chi connectivity index (χ1v) is 6.40. The van der Waals surface area contributed by atoms with E-state index in [4.69, 9.17) is 11.6 Å². The third kappa shape index (κ3) is 2.94. The van der Waals surface area contributed by atoms with E-state index in [9.17, 15) is 4.39 Å². The third-order valence-corrected chi connectivity index (χ3v) is 3.51. The van der Waals surface area contributed by atoms with Crippen molar-refractivity contribution in [3.8, 4) is 0 Å². The van der Waals surface area contributed by atoms with Gasteiger partial charge in [-0.25, -0.2) is 4.39 Å². The molecule has 0 bridgehead atoms. The summed E-state index contributed by atoms with van der Waals surface area (Å²) in [6.07, 6.45) is 0. The molecule has 1 heterocycles. The predicted molar refractivity (Wildman–Crippen MR) is 67.3 cm³/mol. The summed E-state index contributed by atoms with van der Waals surface area (Å²) in [5.74, 6) is -0.384. The van der Waals surface area contributed by atoms with Gasteiger partial charge in [-0.2, -0.15) is 0 Å². The molecule has 1 aromatic carbocycles. The fourth-order valence-electron chi connectivity index (χ4n) is 1.83. The van der Waals surface area contributed by atoms with Crippen LogP contribution in [0.5, 0.6) is 0 Å². The standard InChI is InChI=1S/C11H13BrClFN2/c12-9-5-8(6-10(13)11(9)14)7-16-3-1-15-2-4-16/h5-6,15H,1-4,7H2. The summed E-state index contributed by atoms with van der Waals surface area (Å²) in [5, 5.41) is 3.48. The van der Waals surface area contributed by atoms with Gasteiger partial charge in [0.1, 0.15) is 0 Å². The molecule has 16 heavy (non-hydrogen) atoms. The van der Waals surface area contributed by atoms with Crippen LogP contribution in [0.3, 0.4) is 0 Å². The Morgan fingerprint density at radius 1 is 1.38 bits per heavy atom. The van der Waals surface area contributed by atoms with Crippen molar-refractivity contribution in [3.05, 3.63) is 33.0 Å². The molecule has 1 fully saturated rings. The van der Waals surface area contributed by atoms with Crippen molar-refractivity contribution in [1.29, 1.82) is 0 Å². The average molecular weight is 308 g/mol. The van der Waals surface area contributed by atoms with Crippen LogP contribution in [-0.4, -0.2) is 31.1 Å². The van der Waals surface area contributed by atoms with Crippen molar-refractivity contribution in [3.63, 3.8) is 0 Å². The van der Waals surface area contributed by atoms with Gasteiger partial charge in [0.15, 0.2) is 5.82 Å². The molecule has 1 saturated heterocycles. The Kier molecular flexibility index (Phi) is 4.19. The van der Waals surface area contributed by atoms with Crippen LogP contribution in [0.15, 0.2) is 16.6 Å². The molecule has 2 rings (SSSR count). The number of halogens is 3. The van der Waals surface area contributed by atoms with E-state index in [-0.39, 0.29) is 10.8 Å². The van der Waals surface area contributed by atoms with Crippen molar-refractivity contribution >= 4 is 27.5 Å². The van der Waals surface area contributed by atoms with E-state index in [1.807, 2.05) is 0 Å². The van der Waals surface area contributed by atoms with Crippen molar-refractivity contribution in [2.75, 3.05) is 26.2 Å². The molecule has 1 aliphatic rings. The van der Waals surface area contributed by atoms with Crippen molar-refractivity contribution < 1.29 is 4.39 Å². The average Bonchev–Trinajstić information content (AvgIpc) is 2.27. The normalized spacial score (nSPS) is 17.7. The van der Waals surface area contributed by atoms with E-state index in [1.54, 1.807) is 12.1 Å². The second-order valence-corrected chi connectivity index (χ2v) is 5.16. The van der Waals surface area contributed by atoms with Gasteiger partial charge in [0.25, 0.3) is 0 Å². The summed E-state index contributed by atoms with van der Waals surface area (Å²) in [7, 11) is 0. The summed E-state index contributed by atoms with van der Waals surface area (Å²) >= 11 is 8.97. The van der Waals surface area contributed by atoms with Crippen molar-refractivity contribution in [2.45, 2.75) is 6.54 Å². The van der Waals surface area contributed by atoms with Crippen LogP contribution in [0.25, 0.3) is 0 Å². The Bertz CT molecular complexity index is 357. The smallest absolute Gasteiger partial charge is 0.155 e. The van der Waals surface area contributed by atoms with E-state index in [0.717, 1.165) is 38.3 Å². The molecule has 0 spiro atoms. The Morgan fingerprint density at radius 3 is 2.69 bits per heavy atom. The molecule has 0 amide bonds. The number of nitrogens with zero attached hydrogens (tertiary/aromatic N) is 1. The molecule has 1 aliphatic heterocycles. The van der Waals surface area contributed by atoms with Gasteiger partial charge < -0.3 is 5.32 Å². The van der Waals surface area contributed by atoms with Gasteiger partial charge in [0, 0.05) is 32.7 Å². The highest BCUT2D eigenvalue weighted by Gasteiger charge is 2.12. The highest BCUT2D eigenvalue weighted by molar-refractivity contribution is 9.10. The lowest BCUT2D eigenvalue weighted by atomic mass is 10.2. The van der Waals surface area contributed by atoms with Crippen LogP contribution in [0, 0.1) is 5.82 Å². The molecule has 0 aromatic heterocycles. The minimum atomic E-state index is -0.384. The molecular weight excluding hydrogens is 294 g/mol. The summed E-state index contributed by atoms with van der Waals surface area (Å²) in [4.78, 5) is 2.33. The largest absolute Gasteiger partial charge is 0.314 e. The van der Waals surface area contributed by atoms with Gasteiger partial charge in [0.2, 0.25) is 0 Å². The first-order chi connectivity index (χ1) is 7.66. The van der Waals surface area contributed by atoms with Gasteiger partial charge in [-0.05, 0) is 33.6 Å². The van der Waals surface area contributed by atoms with E-state index in [0.29, 0.717) is 4.47 Å². The molecular formula is C11H13BrClFN2. The lowest BCUT2D eigenvalue weighted by molar-refractivity contribution is 0.233. The zero-order chi connectivity index (χ0) is 11.5. The summed E-state index contributed by atoms with van der Waals surface area (Å²) in [6, 6.07) is 3.49. The highest BCUT2D eigenvalue weighted by atomic mass is 79.9. The SMILES string of the molecule is Fc1c(Cl)cc(CN2CCNCC2)cc1Br. The lowest BCUT2D eigenvalue weighted by Gasteiger charge is -2.27. The Labute approximate surface area is 108 Å². The second kappa shape index (κ2) is 5.45. The molecule has 5 heteroatoms. The van der Waals surface area contributed by atoms with Crippen LogP contribution >= 0.6 is 27.5 Å². The maximum atomic E-state index is 13.3. The number of nitrogens with one attached hydrogen (secondary N) is 1. The molecule has 0 saturated carbocycles. The maximum absolute atomic E-state index is 13.3. The lowest BCUT2D eigenvalue weighted by Crippen LogP contribution is -2.42. The predicted octanol–water partition coefficient (Wildman–Crippen LogP) is 2.65. The zero-order valence-electron chi connectivity index (χ0n) is 8.77. The van der Waals surface area contributed by atoms with Gasteiger partial charge in [-0.1, -0.05) is 11.6 Å². The number of rotatable bonds is 2. The van der Waals surface area contributed by atoms with E-state index >= 15 is 0 Å². The molecule has 1 aromatic rings. The molecule has 0 radical (unpaired) electrons. The monoisotopic (exact) mass is 306 g/mol. The summed E-state index contributed by atoms with van der Waals surface area (Å²) in [5.41, 5.74) is 1.04. The van der Waals surface area contributed by atoms with Crippen LogP contribution in [0.4, 0.5) is 4.39 Å². The topological polar surface area (TPSA) is 15.3 Å². The number of piperazine rings is 1. The molecule has 0 unspecified atom stereocenters. The Balaban J connectivity index is 2.09. The quantitative estimate of drug-likeness (QED) is 0.845.